The first-order valence-corrected chi connectivity index (χ1v) is 10.9. The van der Waals surface area contributed by atoms with Crippen LogP contribution in [0.1, 0.15) is 72.7 Å². The van der Waals surface area contributed by atoms with Crippen molar-refractivity contribution in [1.82, 2.24) is 20.0 Å². The number of aromatic nitrogens is 3. The molecule has 0 N–H and O–H groups in total. The van der Waals surface area contributed by atoms with E-state index in [2.05, 4.69) is 43.0 Å². The lowest BCUT2D eigenvalue weighted by molar-refractivity contribution is 0.0712. The minimum Gasteiger partial charge on any atom is -0.356 e. The first kappa shape index (κ1) is 21.2. The Morgan fingerprint density at radius 1 is 1.10 bits per heavy atom. The normalized spacial score (nSPS) is 15.3. The van der Waals surface area contributed by atoms with Gasteiger partial charge in [-0.15, -0.1) is 0 Å². The van der Waals surface area contributed by atoms with E-state index in [4.69, 9.17) is 9.51 Å². The molecule has 0 unspecified atom stereocenters. The number of nitrogens with zero attached hydrogens (tertiary/aromatic N) is 4. The van der Waals surface area contributed by atoms with Crippen LogP contribution in [-0.2, 0) is 5.41 Å². The maximum absolute atomic E-state index is 13.0. The Balaban J connectivity index is 1.48. The van der Waals surface area contributed by atoms with Crippen molar-refractivity contribution in [3.05, 3.63) is 64.9 Å². The zero-order chi connectivity index (χ0) is 22.2. The molecule has 3 aromatic rings. The summed E-state index contributed by atoms with van der Waals surface area (Å²) in [6.45, 7) is 11.8. The maximum Gasteiger partial charge on any atom is 0.253 e. The van der Waals surface area contributed by atoms with Gasteiger partial charge in [-0.3, -0.25) is 4.79 Å². The first-order chi connectivity index (χ1) is 14.7. The Kier molecular flexibility index (Phi) is 5.65. The Bertz CT molecular complexity index is 1070. The van der Waals surface area contributed by atoms with E-state index in [9.17, 15) is 4.79 Å². The van der Waals surface area contributed by atoms with Crippen LogP contribution in [0.3, 0.4) is 0 Å². The third-order valence-electron chi connectivity index (χ3n) is 6.00. The molecule has 0 saturated carbocycles. The summed E-state index contributed by atoms with van der Waals surface area (Å²) in [7, 11) is 0. The average Bonchev–Trinajstić information content (AvgIpc) is 3.19. The number of amides is 1. The Labute approximate surface area is 183 Å². The van der Waals surface area contributed by atoms with E-state index < -0.39 is 0 Å². The zero-order valence-electron chi connectivity index (χ0n) is 19.0. The molecule has 6 nitrogen and oxygen atoms in total. The SMILES string of the molecule is Cc1cc(-c2cnc(C)nc2C2CCN(C(=O)c3ccc(C(C)(C)C)cc3)CC2)on1. The van der Waals surface area contributed by atoms with Crippen molar-refractivity contribution < 1.29 is 9.32 Å². The van der Waals surface area contributed by atoms with E-state index in [1.807, 2.05) is 43.1 Å². The standard InChI is InChI=1S/C25H30N4O2/c1-16-14-22(31-28-16)21-15-26-17(2)27-23(21)18-10-12-29(13-11-18)24(30)19-6-8-20(9-7-19)25(3,4)5/h6-9,14-15,18H,10-13H2,1-5H3. The smallest absolute Gasteiger partial charge is 0.253 e. The number of likely N-dealkylation sites (tertiary alicyclic amines) is 1. The number of aryl methyl sites for hydroxylation is 2. The second-order valence-corrected chi connectivity index (χ2v) is 9.44. The van der Waals surface area contributed by atoms with Crippen LogP contribution < -0.4 is 0 Å². The number of carbonyl (C=O) groups excluding carboxylic acids is 1. The number of rotatable bonds is 3. The summed E-state index contributed by atoms with van der Waals surface area (Å²) in [6, 6.07) is 9.95. The molecule has 1 aliphatic rings. The van der Waals surface area contributed by atoms with E-state index in [-0.39, 0.29) is 17.2 Å². The second kappa shape index (κ2) is 8.25. The van der Waals surface area contributed by atoms with Gasteiger partial charge in [0.2, 0.25) is 0 Å². The summed E-state index contributed by atoms with van der Waals surface area (Å²) in [5.74, 6) is 1.80. The summed E-state index contributed by atoms with van der Waals surface area (Å²) >= 11 is 0. The fourth-order valence-corrected chi connectivity index (χ4v) is 4.13. The van der Waals surface area contributed by atoms with E-state index in [0.29, 0.717) is 18.8 Å². The van der Waals surface area contributed by atoms with Gasteiger partial charge < -0.3 is 9.42 Å². The molecule has 3 heterocycles. The maximum atomic E-state index is 13.0. The Morgan fingerprint density at radius 3 is 2.35 bits per heavy atom. The number of carbonyl (C=O) groups is 1. The van der Waals surface area contributed by atoms with Crippen molar-refractivity contribution in [3.8, 4) is 11.3 Å². The van der Waals surface area contributed by atoms with Crippen LogP contribution in [0.2, 0.25) is 0 Å². The minimum absolute atomic E-state index is 0.0787. The molecular formula is C25H30N4O2. The summed E-state index contributed by atoms with van der Waals surface area (Å²) < 4.78 is 5.48. The largest absolute Gasteiger partial charge is 0.356 e. The number of hydrogen-bond acceptors (Lipinski definition) is 5. The molecule has 0 aliphatic carbocycles. The van der Waals surface area contributed by atoms with Gasteiger partial charge in [0.15, 0.2) is 5.76 Å². The molecule has 1 aliphatic heterocycles. The molecular weight excluding hydrogens is 388 g/mol. The van der Waals surface area contributed by atoms with Crippen molar-refractivity contribution in [3.63, 3.8) is 0 Å². The van der Waals surface area contributed by atoms with E-state index >= 15 is 0 Å². The molecule has 1 saturated heterocycles. The molecule has 0 spiro atoms. The topological polar surface area (TPSA) is 72.1 Å². The summed E-state index contributed by atoms with van der Waals surface area (Å²) in [6.07, 6.45) is 3.55. The number of benzene rings is 1. The first-order valence-electron chi connectivity index (χ1n) is 10.9. The lowest BCUT2D eigenvalue weighted by Crippen LogP contribution is -2.38. The Hall–Kier alpha value is -3.02. The van der Waals surface area contributed by atoms with Crippen molar-refractivity contribution in [2.45, 2.75) is 58.8 Å². The van der Waals surface area contributed by atoms with Gasteiger partial charge in [-0.25, -0.2) is 9.97 Å². The van der Waals surface area contributed by atoms with Crippen LogP contribution in [0, 0.1) is 13.8 Å². The van der Waals surface area contributed by atoms with Gasteiger partial charge in [0.1, 0.15) is 5.82 Å². The summed E-state index contributed by atoms with van der Waals surface area (Å²) in [5, 5.41) is 4.01. The van der Waals surface area contributed by atoms with Crippen molar-refractivity contribution in [2.24, 2.45) is 0 Å². The highest BCUT2D eigenvalue weighted by Crippen LogP contribution is 2.34. The number of hydrogen-bond donors (Lipinski definition) is 0. The van der Waals surface area contributed by atoms with Gasteiger partial charge in [-0.1, -0.05) is 38.1 Å². The van der Waals surface area contributed by atoms with E-state index in [1.165, 1.54) is 5.56 Å². The molecule has 4 rings (SSSR count). The van der Waals surface area contributed by atoms with Crippen LogP contribution >= 0.6 is 0 Å². The highest BCUT2D eigenvalue weighted by Gasteiger charge is 2.28. The Morgan fingerprint density at radius 2 is 1.77 bits per heavy atom. The molecule has 2 aromatic heterocycles. The van der Waals surface area contributed by atoms with Gasteiger partial charge >= 0.3 is 0 Å². The molecule has 1 amide bonds. The fourth-order valence-electron chi connectivity index (χ4n) is 4.13. The van der Waals surface area contributed by atoms with Crippen molar-refractivity contribution >= 4 is 5.91 Å². The fraction of sp³-hybridized carbons (Fsp3) is 0.440. The average molecular weight is 419 g/mol. The molecule has 0 radical (unpaired) electrons. The van der Waals surface area contributed by atoms with Gasteiger partial charge in [-0.05, 0) is 49.8 Å². The van der Waals surface area contributed by atoms with Crippen LogP contribution in [0.25, 0.3) is 11.3 Å². The molecule has 1 aromatic carbocycles. The predicted octanol–water partition coefficient (Wildman–Crippen LogP) is 5.07. The van der Waals surface area contributed by atoms with E-state index in [1.54, 1.807) is 0 Å². The lowest BCUT2D eigenvalue weighted by Gasteiger charge is -2.32. The predicted molar refractivity (Wildman–Crippen MR) is 120 cm³/mol. The lowest BCUT2D eigenvalue weighted by atomic mass is 9.86. The van der Waals surface area contributed by atoms with Gasteiger partial charge in [-0.2, -0.15) is 0 Å². The monoisotopic (exact) mass is 418 g/mol. The van der Waals surface area contributed by atoms with Gasteiger partial charge in [0, 0.05) is 36.8 Å². The third-order valence-corrected chi connectivity index (χ3v) is 6.00. The second-order valence-electron chi connectivity index (χ2n) is 9.44. The highest BCUT2D eigenvalue weighted by atomic mass is 16.5. The summed E-state index contributed by atoms with van der Waals surface area (Å²) in [4.78, 5) is 24.1. The van der Waals surface area contributed by atoms with Crippen molar-refractivity contribution in [1.29, 1.82) is 0 Å². The summed E-state index contributed by atoms with van der Waals surface area (Å²) in [5.41, 5.74) is 4.78. The number of piperidine rings is 1. The molecule has 0 bridgehead atoms. The van der Waals surface area contributed by atoms with Crippen LogP contribution in [0.5, 0.6) is 0 Å². The van der Waals surface area contributed by atoms with Gasteiger partial charge in [0.25, 0.3) is 5.91 Å². The van der Waals surface area contributed by atoms with Crippen LogP contribution in [0.15, 0.2) is 41.1 Å². The third kappa shape index (κ3) is 4.53. The molecule has 31 heavy (non-hydrogen) atoms. The molecule has 0 atom stereocenters. The molecule has 162 valence electrons. The van der Waals surface area contributed by atoms with Gasteiger partial charge in [0.05, 0.1) is 17.0 Å². The van der Waals surface area contributed by atoms with Crippen LogP contribution in [-0.4, -0.2) is 39.0 Å². The minimum atomic E-state index is 0.0787. The van der Waals surface area contributed by atoms with Crippen molar-refractivity contribution in [2.75, 3.05) is 13.1 Å². The van der Waals surface area contributed by atoms with E-state index in [0.717, 1.165) is 41.2 Å². The quantitative estimate of drug-likeness (QED) is 0.594. The molecule has 6 heteroatoms. The van der Waals surface area contributed by atoms with Crippen LogP contribution in [0.4, 0.5) is 0 Å². The highest BCUT2D eigenvalue weighted by molar-refractivity contribution is 5.94. The molecule has 1 fully saturated rings. The zero-order valence-corrected chi connectivity index (χ0v) is 19.0.